The Kier molecular flexibility index (Phi) is 6.02. The summed E-state index contributed by atoms with van der Waals surface area (Å²) in [5.41, 5.74) is -1.21. The third-order valence-corrected chi connectivity index (χ3v) is 8.09. The lowest BCUT2D eigenvalue weighted by Gasteiger charge is -2.42. The first kappa shape index (κ1) is 23.5. The fourth-order valence-corrected chi connectivity index (χ4v) is 5.99. The van der Waals surface area contributed by atoms with Crippen molar-refractivity contribution in [3.05, 3.63) is 23.8 Å². The van der Waals surface area contributed by atoms with Crippen molar-refractivity contribution in [1.82, 2.24) is 4.90 Å². The minimum atomic E-state index is -4.57. The molecule has 1 atom stereocenters. The Morgan fingerprint density at radius 1 is 1.06 bits per heavy atom. The zero-order valence-corrected chi connectivity index (χ0v) is 19.2. The van der Waals surface area contributed by atoms with E-state index in [1.165, 1.54) is 12.1 Å². The highest BCUT2D eigenvalue weighted by atomic mass is 19.4. The van der Waals surface area contributed by atoms with Gasteiger partial charge in [0, 0.05) is 43.0 Å². The normalized spacial score (nSPS) is 30.2. The third kappa shape index (κ3) is 4.51. The highest BCUT2D eigenvalue weighted by molar-refractivity contribution is 5.94. The first-order valence-corrected chi connectivity index (χ1v) is 12.4. The molecule has 2 N–H and O–H groups in total. The molecular weight excluding hydrogens is 447 g/mol. The van der Waals surface area contributed by atoms with Gasteiger partial charge in [-0.25, -0.2) is 0 Å². The predicted molar refractivity (Wildman–Crippen MR) is 121 cm³/mol. The first-order chi connectivity index (χ1) is 16.2. The number of carbonyl (C=O) groups excluding carboxylic acids is 2. The van der Waals surface area contributed by atoms with Crippen molar-refractivity contribution in [3.63, 3.8) is 0 Å². The van der Waals surface area contributed by atoms with Crippen LogP contribution in [0, 0.1) is 11.3 Å². The van der Waals surface area contributed by atoms with Crippen molar-refractivity contribution in [1.29, 1.82) is 0 Å². The van der Waals surface area contributed by atoms with E-state index in [9.17, 15) is 27.9 Å². The van der Waals surface area contributed by atoms with E-state index < -0.39 is 17.2 Å². The van der Waals surface area contributed by atoms with E-state index in [0.29, 0.717) is 45.2 Å². The number of benzene rings is 1. The van der Waals surface area contributed by atoms with Crippen LogP contribution < -0.4 is 10.2 Å². The summed E-state index contributed by atoms with van der Waals surface area (Å²) in [5, 5.41) is 12.4. The van der Waals surface area contributed by atoms with Crippen molar-refractivity contribution in [2.45, 2.75) is 76.1 Å². The number of aliphatic hydroxyl groups is 1. The maximum absolute atomic E-state index is 14.0. The highest BCUT2D eigenvalue weighted by Gasteiger charge is 2.51. The molecule has 2 saturated carbocycles. The predicted octanol–water partition coefficient (Wildman–Crippen LogP) is 4.18. The smallest absolute Gasteiger partial charge is 0.393 e. The maximum atomic E-state index is 14.0. The van der Waals surface area contributed by atoms with Gasteiger partial charge in [0.15, 0.2) is 0 Å². The van der Waals surface area contributed by atoms with Crippen LogP contribution in [0.5, 0.6) is 0 Å². The number of likely N-dealkylation sites (tertiary alicyclic amines) is 1. The molecule has 1 aromatic carbocycles. The summed E-state index contributed by atoms with van der Waals surface area (Å²) >= 11 is 0. The zero-order chi connectivity index (χ0) is 24.1. The standard InChI is InChI=1S/C25H32F3N3O3/c26-25(27,28)20-14-17(29-22(33)16-2-3-16)4-9-21(20)30-12-1-10-24(15-30)11-13-31(23(24)34)18-5-7-19(32)8-6-18/h4,9,14,16,18-19,32H,1-3,5-8,10-13,15H2,(H,29,33)/t18?,19?,24-/m1/s1. The summed E-state index contributed by atoms with van der Waals surface area (Å²) in [6, 6.07) is 4.10. The van der Waals surface area contributed by atoms with Gasteiger partial charge in [-0.2, -0.15) is 13.2 Å². The average Bonchev–Trinajstić information content (AvgIpc) is 3.61. The Hall–Kier alpha value is -2.29. The van der Waals surface area contributed by atoms with E-state index in [4.69, 9.17) is 0 Å². The third-order valence-electron chi connectivity index (χ3n) is 8.09. The van der Waals surface area contributed by atoms with Crippen molar-refractivity contribution < 1.29 is 27.9 Å². The maximum Gasteiger partial charge on any atom is 0.418 e. The molecule has 2 saturated heterocycles. The van der Waals surface area contributed by atoms with Crippen LogP contribution in [0.15, 0.2) is 18.2 Å². The van der Waals surface area contributed by atoms with Gasteiger partial charge in [0.25, 0.3) is 0 Å². The Bertz CT molecular complexity index is 956. The largest absolute Gasteiger partial charge is 0.418 e. The number of hydrogen-bond donors (Lipinski definition) is 2. The molecule has 2 aliphatic carbocycles. The number of nitrogens with one attached hydrogen (secondary N) is 1. The quantitative estimate of drug-likeness (QED) is 0.680. The van der Waals surface area contributed by atoms with Gasteiger partial charge in [-0.1, -0.05) is 0 Å². The van der Waals surface area contributed by atoms with Crippen LogP contribution in [0.1, 0.15) is 63.4 Å². The lowest BCUT2D eigenvalue weighted by Crippen LogP contribution is -2.50. The van der Waals surface area contributed by atoms with Gasteiger partial charge < -0.3 is 20.2 Å². The van der Waals surface area contributed by atoms with Gasteiger partial charge in [-0.05, 0) is 76.0 Å². The number of anilines is 2. The zero-order valence-electron chi connectivity index (χ0n) is 19.2. The molecule has 1 spiro atoms. The summed E-state index contributed by atoms with van der Waals surface area (Å²) in [7, 11) is 0. The van der Waals surface area contributed by atoms with Crippen LogP contribution in [0.2, 0.25) is 0 Å². The molecule has 2 amide bonds. The molecular formula is C25H32F3N3O3. The first-order valence-electron chi connectivity index (χ1n) is 12.4. The monoisotopic (exact) mass is 479 g/mol. The van der Waals surface area contributed by atoms with Crippen molar-refractivity contribution in [2.24, 2.45) is 11.3 Å². The van der Waals surface area contributed by atoms with Gasteiger partial charge >= 0.3 is 6.18 Å². The molecule has 5 rings (SSSR count). The van der Waals surface area contributed by atoms with Gasteiger partial charge in [0.2, 0.25) is 11.8 Å². The molecule has 0 radical (unpaired) electrons. The van der Waals surface area contributed by atoms with Crippen molar-refractivity contribution in [2.75, 3.05) is 29.9 Å². The lowest BCUT2D eigenvalue weighted by atomic mass is 9.78. The Morgan fingerprint density at radius 2 is 1.79 bits per heavy atom. The molecule has 9 heteroatoms. The molecule has 0 unspecified atom stereocenters. The molecule has 1 aromatic rings. The summed E-state index contributed by atoms with van der Waals surface area (Å²) in [4.78, 5) is 29.2. The van der Waals surface area contributed by atoms with E-state index in [2.05, 4.69) is 5.32 Å². The number of carbonyl (C=O) groups is 2. The Morgan fingerprint density at radius 3 is 2.47 bits per heavy atom. The second-order valence-electron chi connectivity index (χ2n) is 10.5. The fraction of sp³-hybridized carbons (Fsp3) is 0.680. The van der Waals surface area contributed by atoms with Gasteiger partial charge in [0.05, 0.1) is 17.1 Å². The van der Waals surface area contributed by atoms with Crippen LogP contribution in [-0.2, 0) is 15.8 Å². The van der Waals surface area contributed by atoms with Crippen LogP contribution in [0.4, 0.5) is 24.5 Å². The SMILES string of the molecule is O=C(Nc1ccc(N2CCC[C@@]3(CCN(C4CCC(O)CC4)C3=O)C2)c(C(F)(F)F)c1)C1CC1. The number of rotatable bonds is 4. The van der Waals surface area contributed by atoms with E-state index in [1.807, 2.05) is 4.90 Å². The second kappa shape index (κ2) is 8.73. The Balaban J connectivity index is 1.36. The molecule has 186 valence electrons. The molecule has 34 heavy (non-hydrogen) atoms. The second-order valence-corrected chi connectivity index (χ2v) is 10.5. The number of amides is 2. The summed E-state index contributed by atoms with van der Waals surface area (Å²) < 4.78 is 42.1. The number of aliphatic hydroxyl groups excluding tert-OH is 1. The minimum absolute atomic E-state index is 0.0560. The minimum Gasteiger partial charge on any atom is -0.393 e. The summed E-state index contributed by atoms with van der Waals surface area (Å²) in [5.74, 6) is -0.273. The number of alkyl halides is 3. The fourth-order valence-electron chi connectivity index (χ4n) is 5.99. The highest BCUT2D eigenvalue weighted by Crippen LogP contribution is 2.46. The molecule has 6 nitrogen and oxygen atoms in total. The van der Waals surface area contributed by atoms with Crippen LogP contribution in [0.3, 0.4) is 0 Å². The van der Waals surface area contributed by atoms with Gasteiger partial charge in [-0.3, -0.25) is 9.59 Å². The average molecular weight is 480 g/mol. The van der Waals surface area contributed by atoms with Crippen LogP contribution in [0.25, 0.3) is 0 Å². The molecule has 0 aromatic heterocycles. The molecule has 0 bridgehead atoms. The summed E-state index contributed by atoms with van der Waals surface area (Å²) in [6.45, 7) is 1.36. The van der Waals surface area contributed by atoms with E-state index in [-0.39, 0.29) is 47.8 Å². The summed E-state index contributed by atoms with van der Waals surface area (Å²) in [6.07, 6.45) is 1.59. The molecule has 2 aliphatic heterocycles. The lowest BCUT2D eigenvalue weighted by molar-refractivity contribution is -0.139. The van der Waals surface area contributed by atoms with E-state index >= 15 is 0 Å². The van der Waals surface area contributed by atoms with Gasteiger partial charge in [-0.15, -0.1) is 0 Å². The van der Waals surface area contributed by atoms with E-state index in [1.54, 1.807) is 4.90 Å². The van der Waals surface area contributed by atoms with Crippen LogP contribution >= 0.6 is 0 Å². The number of nitrogens with zero attached hydrogens (tertiary/aromatic N) is 2. The molecule has 2 heterocycles. The van der Waals surface area contributed by atoms with Crippen molar-refractivity contribution in [3.8, 4) is 0 Å². The topological polar surface area (TPSA) is 72.9 Å². The molecule has 4 fully saturated rings. The van der Waals surface area contributed by atoms with E-state index in [0.717, 1.165) is 31.7 Å². The van der Waals surface area contributed by atoms with Crippen LogP contribution in [-0.4, -0.2) is 53.6 Å². The number of hydrogen-bond acceptors (Lipinski definition) is 4. The van der Waals surface area contributed by atoms with Gasteiger partial charge in [0.1, 0.15) is 0 Å². The van der Waals surface area contributed by atoms with Crippen molar-refractivity contribution >= 4 is 23.2 Å². The number of piperidine rings is 1. The number of halogens is 3. The molecule has 4 aliphatic rings. The Labute approximate surface area is 197 Å².